The van der Waals surface area contributed by atoms with Crippen LogP contribution in [0.3, 0.4) is 0 Å². The first-order valence-electron chi connectivity index (χ1n) is 10.3. The zero-order valence-corrected chi connectivity index (χ0v) is 19.2. The Morgan fingerprint density at radius 3 is 2.39 bits per heavy atom. The summed E-state index contributed by atoms with van der Waals surface area (Å²) in [5.41, 5.74) is -0.696. The Morgan fingerprint density at radius 2 is 1.82 bits per heavy atom. The van der Waals surface area contributed by atoms with Crippen LogP contribution in [0.2, 0.25) is 0 Å². The minimum atomic E-state index is -4.90. The van der Waals surface area contributed by atoms with Crippen LogP contribution in [0, 0.1) is 5.82 Å². The lowest BCUT2D eigenvalue weighted by Crippen LogP contribution is -2.48. The zero-order valence-electron chi connectivity index (χ0n) is 18.4. The second kappa shape index (κ2) is 9.96. The summed E-state index contributed by atoms with van der Waals surface area (Å²) in [4.78, 5) is -0.810. The van der Waals surface area contributed by atoms with E-state index in [4.69, 9.17) is 9.47 Å². The number of alkyl halides is 3. The van der Waals surface area contributed by atoms with E-state index in [0.29, 0.717) is 5.56 Å². The van der Waals surface area contributed by atoms with Crippen molar-refractivity contribution < 1.29 is 35.5 Å². The van der Waals surface area contributed by atoms with Crippen molar-refractivity contribution in [2.24, 2.45) is 0 Å². The van der Waals surface area contributed by atoms with Gasteiger partial charge in [-0.2, -0.15) is 17.5 Å². The summed E-state index contributed by atoms with van der Waals surface area (Å²) in [6, 6.07) is 8.68. The number of morpholine rings is 1. The average Bonchev–Trinajstić information content (AvgIpc) is 2.73. The van der Waals surface area contributed by atoms with Crippen LogP contribution >= 0.6 is 0 Å². The van der Waals surface area contributed by atoms with Crippen LogP contribution in [0.5, 0.6) is 0 Å². The van der Waals surface area contributed by atoms with Crippen molar-refractivity contribution in [3.05, 3.63) is 59.4 Å². The lowest BCUT2D eigenvalue weighted by molar-refractivity contribution is -0.139. The molecule has 2 aromatic carbocycles. The molecule has 1 unspecified atom stereocenters. The van der Waals surface area contributed by atoms with Gasteiger partial charge in [-0.25, -0.2) is 12.8 Å². The third kappa shape index (κ3) is 6.03. The van der Waals surface area contributed by atoms with E-state index >= 15 is 0 Å². The molecule has 0 aliphatic carbocycles. The quantitative estimate of drug-likeness (QED) is 0.582. The van der Waals surface area contributed by atoms with Gasteiger partial charge in [0.2, 0.25) is 10.0 Å². The standard InChI is InChI=1S/C22H26F4N2O4S/c1-14-12-28(13-15(2)32-14)33(29,30)21-8-7-18(10-19(21)22(24,25)26)27-11-20(31-3)16-5-4-6-17(23)9-16/h4-10,14-15,20,27H,11-13H2,1-3H3/t14-,15+,20?. The summed E-state index contributed by atoms with van der Waals surface area (Å²) in [5.74, 6) is -0.463. The fourth-order valence-corrected chi connectivity index (χ4v) is 5.59. The molecule has 11 heteroatoms. The van der Waals surface area contributed by atoms with Crippen LogP contribution in [-0.2, 0) is 25.7 Å². The molecule has 1 fully saturated rings. The molecule has 3 atom stereocenters. The van der Waals surface area contributed by atoms with E-state index in [1.54, 1.807) is 19.9 Å². The first kappa shape index (κ1) is 25.4. The molecule has 33 heavy (non-hydrogen) atoms. The Balaban J connectivity index is 1.88. The van der Waals surface area contributed by atoms with Crippen molar-refractivity contribution in [2.45, 2.75) is 43.2 Å². The number of nitrogens with zero attached hydrogens (tertiary/aromatic N) is 1. The molecular weight excluding hydrogens is 464 g/mol. The minimum absolute atomic E-state index is 0.0346. The number of methoxy groups -OCH3 is 1. The van der Waals surface area contributed by atoms with Gasteiger partial charge in [0.25, 0.3) is 0 Å². The summed E-state index contributed by atoms with van der Waals surface area (Å²) >= 11 is 0. The first-order valence-corrected chi connectivity index (χ1v) is 11.7. The molecule has 1 aliphatic rings. The number of ether oxygens (including phenoxy) is 2. The summed E-state index contributed by atoms with van der Waals surface area (Å²) in [6.45, 7) is 3.31. The predicted molar refractivity (Wildman–Crippen MR) is 115 cm³/mol. The van der Waals surface area contributed by atoms with Crippen LogP contribution in [0.15, 0.2) is 47.4 Å². The van der Waals surface area contributed by atoms with Gasteiger partial charge in [-0.3, -0.25) is 0 Å². The molecule has 0 radical (unpaired) electrons. The Morgan fingerprint density at radius 1 is 1.15 bits per heavy atom. The Bertz CT molecular complexity index is 1070. The van der Waals surface area contributed by atoms with E-state index < -0.39 is 50.8 Å². The number of nitrogens with one attached hydrogen (secondary N) is 1. The van der Waals surface area contributed by atoms with E-state index in [0.717, 1.165) is 16.4 Å². The van der Waals surface area contributed by atoms with Crippen molar-refractivity contribution in [1.82, 2.24) is 4.31 Å². The van der Waals surface area contributed by atoms with Gasteiger partial charge in [0.05, 0.1) is 28.8 Å². The molecule has 1 aliphatic heterocycles. The van der Waals surface area contributed by atoms with Gasteiger partial charge < -0.3 is 14.8 Å². The van der Waals surface area contributed by atoms with Crippen LogP contribution in [0.1, 0.15) is 31.1 Å². The number of hydrogen-bond acceptors (Lipinski definition) is 5. The van der Waals surface area contributed by atoms with Crippen LogP contribution in [0.4, 0.5) is 23.2 Å². The topological polar surface area (TPSA) is 67.9 Å². The molecule has 0 saturated carbocycles. The van der Waals surface area contributed by atoms with Gasteiger partial charge in [0.15, 0.2) is 0 Å². The third-order valence-corrected chi connectivity index (χ3v) is 7.18. The van der Waals surface area contributed by atoms with Gasteiger partial charge in [0, 0.05) is 32.4 Å². The molecule has 0 bridgehead atoms. The van der Waals surface area contributed by atoms with E-state index in [1.807, 2.05) is 0 Å². The molecular formula is C22H26F4N2O4S. The van der Waals surface area contributed by atoms with Crippen molar-refractivity contribution in [3.63, 3.8) is 0 Å². The first-order chi connectivity index (χ1) is 15.4. The zero-order chi connectivity index (χ0) is 24.4. The lowest BCUT2D eigenvalue weighted by Gasteiger charge is -2.34. The molecule has 0 aromatic heterocycles. The molecule has 2 aromatic rings. The maximum absolute atomic E-state index is 13.9. The van der Waals surface area contributed by atoms with Crippen LogP contribution < -0.4 is 5.32 Å². The van der Waals surface area contributed by atoms with Gasteiger partial charge in [0.1, 0.15) is 5.82 Å². The largest absolute Gasteiger partial charge is 0.417 e. The Hall–Kier alpha value is -2.21. The number of rotatable bonds is 7. The summed E-state index contributed by atoms with van der Waals surface area (Å²) in [6.07, 6.45) is -6.40. The number of halogens is 4. The van der Waals surface area contributed by atoms with E-state index in [9.17, 15) is 26.0 Å². The van der Waals surface area contributed by atoms with Crippen molar-refractivity contribution in [3.8, 4) is 0 Å². The smallest absolute Gasteiger partial charge is 0.382 e. The Labute approximate surface area is 190 Å². The summed E-state index contributed by atoms with van der Waals surface area (Å²) in [5, 5.41) is 2.82. The third-order valence-electron chi connectivity index (χ3n) is 5.29. The highest BCUT2D eigenvalue weighted by Crippen LogP contribution is 2.37. The molecule has 0 amide bonds. The lowest BCUT2D eigenvalue weighted by atomic mass is 10.1. The predicted octanol–water partition coefficient (Wildman–Crippen LogP) is 4.44. The maximum Gasteiger partial charge on any atom is 0.417 e. The number of benzene rings is 2. The fraction of sp³-hybridized carbons (Fsp3) is 0.455. The van der Waals surface area contributed by atoms with Gasteiger partial charge in [-0.15, -0.1) is 0 Å². The van der Waals surface area contributed by atoms with Crippen LogP contribution in [-0.4, -0.2) is 51.7 Å². The number of anilines is 1. The molecule has 1 saturated heterocycles. The van der Waals surface area contributed by atoms with Crippen molar-refractivity contribution in [2.75, 3.05) is 32.1 Å². The molecule has 1 heterocycles. The average molecular weight is 491 g/mol. The molecule has 3 rings (SSSR count). The molecule has 1 N–H and O–H groups in total. The molecule has 6 nitrogen and oxygen atoms in total. The van der Waals surface area contributed by atoms with Crippen LogP contribution in [0.25, 0.3) is 0 Å². The maximum atomic E-state index is 13.9. The fourth-order valence-electron chi connectivity index (χ4n) is 3.81. The molecule has 182 valence electrons. The van der Waals surface area contributed by atoms with E-state index in [1.165, 1.54) is 31.4 Å². The monoisotopic (exact) mass is 490 g/mol. The highest BCUT2D eigenvalue weighted by atomic mass is 32.2. The van der Waals surface area contributed by atoms with E-state index in [2.05, 4.69) is 5.32 Å². The normalized spacial score (nSPS) is 21.1. The highest BCUT2D eigenvalue weighted by molar-refractivity contribution is 7.89. The SMILES string of the molecule is COC(CNc1ccc(S(=O)(=O)N2C[C@@H](C)O[C@@H](C)C2)c(C(F)(F)F)c1)c1cccc(F)c1. The van der Waals surface area contributed by atoms with Crippen molar-refractivity contribution in [1.29, 1.82) is 0 Å². The molecule has 0 spiro atoms. The highest BCUT2D eigenvalue weighted by Gasteiger charge is 2.41. The second-order valence-corrected chi connectivity index (χ2v) is 9.85. The minimum Gasteiger partial charge on any atom is -0.382 e. The second-order valence-electron chi connectivity index (χ2n) is 7.95. The van der Waals surface area contributed by atoms with Gasteiger partial charge in [-0.05, 0) is 49.7 Å². The van der Waals surface area contributed by atoms with Gasteiger partial charge in [-0.1, -0.05) is 12.1 Å². The summed E-state index contributed by atoms with van der Waals surface area (Å²) in [7, 11) is -3.00. The van der Waals surface area contributed by atoms with Gasteiger partial charge >= 0.3 is 6.18 Å². The summed E-state index contributed by atoms with van der Waals surface area (Å²) < 4.78 is 93.1. The number of sulfonamides is 1. The van der Waals surface area contributed by atoms with Crippen molar-refractivity contribution >= 4 is 15.7 Å². The number of hydrogen-bond donors (Lipinski definition) is 1. The van der Waals surface area contributed by atoms with E-state index in [-0.39, 0.29) is 25.3 Å². The Kier molecular flexibility index (Phi) is 7.67.